The molecule has 1 aliphatic heterocycles. The van der Waals surface area contributed by atoms with E-state index >= 15 is 0 Å². The largest absolute Gasteiger partial charge is 0.356 e. The van der Waals surface area contributed by atoms with Crippen LogP contribution in [0, 0.1) is 12.3 Å². The van der Waals surface area contributed by atoms with Crippen LogP contribution in [0.1, 0.15) is 5.56 Å². The minimum atomic E-state index is -0.00599. The third-order valence-corrected chi connectivity index (χ3v) is 4.93. The molecule has 0 saturated heterocycles. The van der Waals surface area contributed by atoms with Crippen molar-refractivity contribution >= 4 is 33.7 Å². The van der Waals surface area contributed by atoms with Crippen LogP contribution in [0.3, 0.4) is 0 Å². The van der Waals surface area contributed by atoms with E-state index < -0.39 is 0 Å². The first-order valence-electron chi connectivity index (χ1n) is 7.61. The normalized spacial score (nSPS) is 13.0. The summed E-state index contributed by atoms with van der Waals surface area (Å²) in [4.78, 5) is 30.2. The molecule has 0 saturated carbocycles. The van der Waals surface area contributed by atoms with Gasteiger partial charge in [0.1, 0.15) is 0 Å². The minimum Gasteiger partial charge on any atom is -0.356 e. The van der Waals surface area contributed by atoms with Gasteiger partial charge in [0.25, 0.3) is 0 Å². The molecule has 1 aliphatic rings. The molecule has 0 fully saturated rings. The van der Waals surface area contributed by atoms with Gasteiger partial charge < -0.3 is 9.88 Å². The maximum atomic E-state index is 11.9. The van der Waals surface area contributed by atoms with E-state index in [2.05, 4.69) is 25.9 Å². The van der Waals surface area contributed by atoms with Crippen LogP contribution in [0.15, 0.2) is 57.7 Å². The Bertz CT molecular complexity index is 1080. The standard InChI is InChI=1S/C18H13N5OS/c1-2-9-23(12-3-4-14-15(10-12)20-8-7-19-14)18-22-11-13-16(24)5-6-21-17(13)25-18/h1,3-8,10H,9,11H2,(H,21,24). The summed E-state index contributed by atoms with van der Waals surface area (Å²) in [6.45, 7) is 0.701. The average molecular weight is 347 g/mol. The first kappa shape index (κ1) is 15.4. The molecule has 6 nitrogen and oxygen atoms in total. The Hall–Kier alpha value is -3.11. The monoisotopic (exact) mass is 347 g/mol. The Morgan fingerprint density at radius 1 is 1.24 bits per heavy atom. The lowest BCUT2D eigenvalue weighted by atomic mass is 10.2. The number of pyridine rings is 1. The third kappa shape index (κ3) is 2.88. The summed E-state index contributed by atoms with van der Waals surface area (Å²) in [6, 6.07) is 7.30. The molecular weight excluding hydrogens is 334 g/mol. The molecule has 2 aromatic heterocycles. The fraction of sp³-hybridized carbons (Fsp3) is 0.111. The van der Waals surface area contributed by atoms with Crippen molar-refractivity contribution in [3.8, 4) is 12.3 Å². The summed E-state index contributed by atoms with van der Waals surface area (Å²) in [5.74, 6) is 2.67. The molecule has 0 amide bonds. The average Bonchev–Trinajstić information content (AvgIpc) is 2.66. The molecule has 0 radical (unpaired) electrons. The van der Waals surface area contributed by atoms with Gasteiger partial charge >= 0.3 is 0 Å². The van der Waals surface area contributed by atoms with Crippen molar-refractivity contribution in [1.29, 1.82) is 0 Å². The van der Waals surface area contributed by atoms with Gasteiger partial charge in [-0.05, 0) is 30.0 Å². The highest BCUT2D eigenvalue weighted by molar-refractivity contribution is 8.14. The number of fused-ring (bicyclic) bond motifs is 2. The zero-order valence-corrected chi connectivity index (χ0v) is 14.0. The van der Waals surface area contributed by atoms with Gasteiger partial charge in [0.15, 0.2) is 10.6 Å². The highest BCUT2D eigenvalue weighted by Gasteiger charge is 2.22. The lowest BCUT2D eigenvalue weighted by Crippen LogP contribution is -2.31. The zero-order valence-electron chi connectivity index (χ0n) is 13.1. The van der Waals surface area contributed by atoms with Gasteiger partial charge in [-0.1, -0.05) is 5.92 Å². The van der Waals surface area contributed by atoms with Gasteiger partial charge in [-0.15, -0.1) is 6.42 Å². The van der Waals surface area contributed by atoms with Crippen molar-refractivity contribution < 1.29 is 0 Å². The molecule has 0 atom stereocenters. The molecule has 1 N–H and O–H groups in total. The number of benzene rings is 1. The zero-order chi connectivity index (χ0) is 17.2. The summed E-state index contributed by atoms with van der Waals surface area (Å²) in [7, 11) is 0. The van der Waals surface area contributed by atoms with Crippen LogP contribution in [0.5, 0.6) is 0 Å². The van der Waals surface area contributed by atoms with E-state index in [1.165, 1.54) is 17.8 Å². The molecule has 3 heterocycles. The molecule has 25 heavy (non-hydrogen) atoms. The van der Waals surface area contributed by atoms with E-state index in [0.717, 1.165) is 26.9 Å². The number of H-pyrrole nitrogens is 1. The summed E-state index contributed by atoms with van der Waals surface area (Å²) in [6.07, 6.45) is 10.5. The van der Waals surface area contributed by atoms with Crippen LogP contribution in [0.4, 0.5) is 5.69 Å². The van der Waals surface area contributed by atoms with Gasteiger partial charge in [0.2, 0.25) is 0 Å². The maximum absolute atomic E-state index is 11.9. The SMILES string of the molecule is C#CCN(C1=NCc2c([nH]ccc2=O)S1)c1ccc2nccnc2c1. The number of rotatable bonds is 2. The molecule has 0 spiro atoms. The summed E-state index contributed by atoms with van der Waals surface area (Å²) in [5.41, 5.74) is 3.17. The molecule has 4 rings (SSSR count). The molecule has 1 aromatic carbocycles. The number of hydrogen-bond acceptors (Lipinski definition) is 6. The highest BCUT2D eigenvalue weighted by atomic mass is 32.2. The second-order valence-electron chi connectivity index (χ2n) is 5.37. The van der Waals surface area contributed by atoms with Crippen LogP contribution in [0.25, 0.3) is 11.0 Å². The van der Waals surface area contributed by atoms with E-state index in [9.17, 15) is 4.79 Å². The van der Waals surface area contributed by atoms with Crippen LogP contribution < -0.4 is 10.3 Å². The molecular formula is C18H13N5OS. The lowest BCUT2D eigenvalue weighted by molar-refractivity contribution is 0.932. The summed E-state index contributed by atoms with van der Waals surface area (Å²) < 4.78 is 0. The molecule has 7 heteroatoms. The lowest BCUT2D eigenvalue weighted by Gasteiger charge is -2.26. The quantitative estimate of drug-likeness (QED) is 0.721. The second kappa shape index (κ2) is 6.42. The smallest absolute Gasteiger partial charge is 0.187 e. The Morgan fingerprint density at radius 3 is 2.92 bits per heavy atom. The number of nitrogens with one attached hydrogen (secondary N) is 1. The highest BCUT2D eigenvalue weighted by Crippen LogP contribution is 2.30. The molecule has 0 unspecified atom stereocenters. The van der Waals surface area contributed by atoms with Crippen LogP contribution >= 0.6 is 11.8 Å². The van der Waals surface area contributed by atoms with Crippen molar-refractivity contribution in [3.05, 3.63) is 58.6 Å². The molecule has 0 bridgehead atoms. The van der Waals surface area contributed by atoms with Crippen molar-refractivity contribution in [2.45, 2.75) is 11.6 Å². The predicted octanol–water partition coefficient (Wildman–Crippen LogP) is 2.42. The fourth-order valence-corrected chi connectivity index (χ4v) is 3.63. The van der Waals surface area contributed by atoms with E-state index in [0.29, 0.717) is 18.7 Å². The number of thioether (sulfide) groups is 1. The Balaban J connectivity index is 1.73. The maximum Gasteiger partial charge on any atom is 0.187 e. The van der Waals surface area contributed by atoms with E-state index in [-0.39, 0.29) is 5.43 Å². The topological polar surface area (TPSA) is 74.2 Å². The Labute approximate surface area is 148 Å². The first-order chi connectivity index (χ1) is 12.3. The van der Waals surface area contributed by atoms with Crippen molar-refractivity contribution in [3.63, 3.8) is 0 Å². The van der Waals surface area contributed by atoms with Gasteiger partial charge in [-0.3, -0.25) is 19.8 Å². The number of aliphatic imine (C=N–C) groups is 1. The second-order valence-corrected chi connectivity index (χ2v) is 6.35. The number of terminal acetylenes is 1. The van der Waals surface area contributed by atoms with Crippen molar-refractivity contribution in [2.75, 3.05) is 11.4 Å². The summed E-state index contributed by atoms with van der Waals surface area (Å²) >= 11 is 1.41. The van der Waals surface area contributed by atoms with Gasteiger partial charge in [0.05, 0.1) is 34.7 Å². The van der Waals surface area contributed by atoms with Crippen LogP contribution in [0.2, 0.25) is 0 Å². The van der Waals surface area contributed by atoms with Crippen LogP contribution in [-0.4, -0.2) is 26.7 Å². The number of nitrogens with zero attached hydrogens (tertiary/aromatic N) is 4. The van der Waals surface area contributed by atoms with Crippen molar-refractivity contribution in [2.24, 2.45) is 4.99 Å². The Morgan fingerprint density at radius 2 is 2.08 bits per heavy atom. The van der Waals surface area contributed by atoms with E-state index in [1.54, 1.807) is 18.6 Å². The molecule has 0 aliphatic carbocycles. The van der Waals surface area contributed by atoms with Gasteiger partial charge in [-0.2, -0.15) is 0 Å². The van der Waals surface area contributed by atoms with Gasteiger partial charge in [-0.25, -0.2) is 0 Å². The van der Waals surface area contributed by atoms with Gasteiger partial charge in [0, 0.05) is 30.3 Å². The predicted molar refractivity (Wildman–Crippen MR) is 99.8 cm³/mol. The third-order valence-electron chi connectivity index (χ3n) is 3.83. The van der Waals surface area contributed by atoms with E-state index in [4.69, 9.17) is 6.42 Å². The fourth-order valence-electron chi connectivity index (χ4n) is 2.62. The molecule has 122 valence electrons. The van der Waals surface area contributed by atoms with Crippen LogP contribution in [-0.2, 0) is 6.54 Å². The van der Waals surface area contributed by atoms with Crippen molar-refractivity contribution in [1.82, 2.24) is 15.0 Å². The number of anilines is 1. The molecule has 3 aromatic rings. The number of hydrogen-bond donors (Lipinski definition) is 1. The number of aromatic nitrogens is 3. The summed E-state index contributed by atoms with van der Waals surface area (Å²) in [5, 5.41) is 1.55. The minimum absolute atomic E-state index is 0.00599. The first-order valence-corrected chi connectivity index (χ1v) is 8.42. The van der Waals surface area contributed by atoms with E-state index in [1.807, 2.05) is 23.1 Å². The number of amidine groups is 1. The number of aromatic amines is 1. The Kier molecular flexibility index (Phi) is 3.96.